The molecule has 45 heavy (non-hydrogen) atoms. The Kier molecular flexibility index (Phi) is 7.81. The summed E-state index contributed by atoms with van der Waals surface area (Å²) in [4.78, 5) is 39.9. The van der Waals surface area contributed by atoms with Gasteiger partial charge < -0.3 is 9.47 Å². The van der Waals surface area contributed by atoms with Crippen LogP contribution in [-0.4, -0.2) is 44.3 Å². The molecule has 1 aliphatic carbocycles. The van der Waals surface area contributed by atoms with Gasteiger partial charge in [-0.25, -0.2) is 14.2 Å². The van der Waals surface area contributed by atoms with Gasteiger partial charge in [-0.15, -0.1) is 0 Å². The number of amides is 1. The van der Waals surface area contributed by atoms with Crippen LogP contribution in [0.2, 0.25) is 0 Å². The van der Waals surface area contributed by atoms with E-state index in [1.54, 1.807) is 23.2 Å². The first-order valence-electron chi connectivity index (χ1n) is 15.3. The first-order valence-corrected chi connectivity index (χ1v) is 15.3. The van der Waals surface area contributed by atoms with Crippen LogP contribution in [0.25, 0.3) is 27.7 Å². The SMILES string of the molecule is COc1ccc(-n2c([C@@H]3C[C@@H]4CCCC[C@@H]4N3C(=O)OC(C)(C)C)nc3c(-c4ccc(C)nc4)cc(C#N)cc3c2=O)cc1F. The zero-order valence-corrected chi connectivity index (χ0v) is 26.1. The fourth-order valence-electron chi connectivity index (χ4n) is 6.75. The summed E-state index contributed by atoms with van der Waals surface area (Å²) in [7, 11) is 1.37. The Bertz CT molecular complexity index is 1890. The number of aromatic nitrogens is 3. The van der Waals surface area contributed by atoms with Gasteiger partial charge in [0.15, 0.2) is 11.6 Å². The van der Waals surface area contributed by atoms with Crippen LogP contribution in [-0.2, 0) is 4.74 Å². The van der Waals surface area contributed by atoms with Crippen molar-refractivity contribution in [1.29, 1.82) is 5.26 Å². The van der Waals surface area contributed by atoms with Crippen molar-refractivity contribution in [2.45, 2.75) is 77.5 Å². The molecule has 1 saturated heterocycles. The summed E-state index contributed by atoms with van der Waals surface area (Å²) in [5, 5.41) is 10.1. The molecule has 6 rings (SSSR count). The van der Waals surface area contributed by atoms with E-state index in [-0.39, 0.29) is 34.3 Å². The maximum Gasteiger partial charge on any atom is 0.411 e. The monoisotopic (exact) mass is 609 g/mol. The Hall–Kier alpha value is -4.78. The number of hydrogen-bond donors (Lipinski definition) is 0. The lowest BCUT2D eigenvalue weighted by Gasteiger charge is -2.35. The van der Waals surface area contributed by atoms with E-state index in [0.717, 1.165) is 31.4 Å². The van der Waals surface area contributed by atoms with Crippen molar-refractivity contribution in [1.82, 2.24) is 19.4 Å². The fourth-order valence-corrected chi connectivity index (χ4v) is 6.75. The highest BCUT2D eigenvalue weighted by Crippen LogP contribution is 2.47. The molecule has 9 nitrogen and oxygen atoms in total. The van der Waals surface area contributed by atoms with Gasteiger partial charge in [-0.1, -0.05) is 18.9 Å². The van der Waals surface area contributed by atoms with Gasteiger partial charge in [0.25, 0.3) is 5.56 Å². The fraction of sp³-hybridized carbons (Fsp3) is 0.400. The molecule has 2 fully saturated rings. The predicted octanol–water partition coefficient (Wildman–Crippen LogP) is 7.02. The topological polar surface area (TPSA) is 110 Å². The summed E-state index contributed by atoms with van der Waals surface area (Å²) in [6, 6.07) is 12.7. The second-order valence-corrected chi connectivity index (χ2v) is 12.9. The van der Waals surface area contributed by atoms with E-state index in [0.29, 0.717) is 28.9 Å². The van der Waals surface area contributed by atoms with E-state index < -0.39 is 29.1 Å². The van der Waals surface area contributed by atoms with Crippen LogP contribution < -0.4 is 10.3 Å². The molecule has 1 saturated carbocycles. The van der Waals surface area contributed by atoms with Crippen LogP contribution >= 0.6 is 0 Å². The molecule has 10 heteroatoms. The summed E-state index contributed by atoms with van der Waals surface area (Å²) in [5.74, 6) is -0.102. The highest BCUT2D eigenvalue weighted by molar-refractivity contribution is 5.94. The van der Waals surface area contributed by atoms with E-state index in [2.05, 4.69) is 11.1 Å². The second kappa shape index (κ2) is 11.6. The van der Waals surface area contributed by atoms with Crippen LogP contribution in [0.15, 0.2) is 53.5 Å². The summed E-state index contributed by atoms with van der Waals surface area (Å²) < 4.78 is 27.6. The number of nitrogens with zero attached hydrogens (tertiary/aromatic N) is 5. The molecule has 2 aromatic heterocycles. The van der Waals surface area contributed by atoms with Crippen molar-refractivity contribution < 1.29 is 18.7 Å². The molecule has 0 radical (unpaired) electrons. The quantitative estimate of drug-likeness (QED) is 0.245. The van der Waals surface area contributed by atoms with Crippen LogP contribution in [0.4, 0.5) is 9.18 Å². The van der Waals surface area contributed by atoms with E-state index in [1.807, 2.05) is 39.8 Å². The third-order valence-electron chi connectivity index (χ3n) is 8.73. The number of nitriles is 1. The molecule has 0 unspecified atom stereocenters. The zero-order valence-electron chi connectivity index (χ0n) is 26.1. The van der Waals surface area contributed by atoms with Crippen LogP contribution in [0.5, 0.6) is 5.75 Å². The minimum Gasteiger partial charge on any atom is -0.494 e. The smallest absolute Gasteiger partial charge is 0.411 e. The third kappa shape index (κ3) is 5.63. The van der Waals surface area contributed by atoms with Gasteiger partial charge in [-0.2, -0.15) is 5.26 Å². The molecule has 2 aliphatic rings. The van der Waals surface area contributed by atoms with Gasteiger partial charge in [0.2, 0.25) is 0 Å². The maximum absolute atomic E-state index is 15.2. The molecule has 2 aromatic carbocycles. The molecule has 3 heterocycles. The van der Waals surface area contributed by atoms with Crippen molar-refractivity contribution in [2.75, 3.05) is 7.11 Å². The predicted molar refractivity (Wildman–Crippen MR) is 168 cm³/mol. The summed E-state index contributed by atoms with van der Waals surface area (Å²) in [6.45, 7) is 7.36. The van der Waals surface area contributed by atoms with Crippen LogP contribution in [0.1, 0.15) is 76.0 Å². The molecule has 3 atom stereocenters. The van der Waals surface area contributed by atoms with Crippen LogP contribution in [0.3, 0.4) is 0 Å². The summed E-state index contributed by atoms with van der Waals surface area (Å²) >= 11 is 0. The summed E-state index contributed by atoms with van der Waals surface area (Å²) in [5.41, 5.74) is 1.77. The highest BCUT2D eigenvalue weighted by Gasteiger charge is 2.48. The first kappa shape index (κ1) is 30.3. The molecule has 0 N–H and O–H groups in total. The third-order valence-corrected chi connectivity index (χ3v) is 8.73. The minimum atomic E-state index is -0.733. The van der Waals surface area contributed by atoms with Gasteiger partial charge in [0.1, 0.15) is 11.4 Å². The van der Waals surface area contributed by atoms with Crippen molar-refractivity contribution >= 4 is 17.0 Å². The number of aryl methyl sites for hydroxylation is 1. The lowest BCUT2D eigenvalue weighted by atomic mass is 9.84. The van der Waals surface area contributed by atoms with E-state index in [4.69, 9.17) is 14.5 Å². The number of rotatable bonds is 4. The van der Waals surface area contributed by atoms with Crippen molar-refractivity contribution in [3.63, 3.8) is 0 Å². The number of fused-ring (bicyclic) bond motifs is 2. The van der Waals surface area contributed by atoms with E-state index >= 15 is 4.39 Å². The molecule has 1 aliphatic heterocycles. The van der Waals surface area contributed by atoms with Gasteiger partial charge in [0, 0.05) is 35.1 Å². The van der Waals surface area contributed by atoms with Crippen LogP contribution in [0, 0.1) is 30.0 Å². The lowest BCUT2D eigenvalue weighted by Crippen LogP contribution is -2.44. The number of benzene rings is 2. The second-order valence-electron chi connectivity index (χ2n) is 12.9. The highest BCUT2D eigenvalue weighted by atomic mass is 19.1. The van der Waals surface area contributed by atoms with E-state index in [1.165, 1.54) is 29.9 Å². The van der Waals surface area contributed by atoms with Gasteiger partial charge in [0.05, 0.1) is 41.4 Å². The number of pyridine rings is 1. The molecular weight excluding hydrogens is 573 g/mol. The lowest BCUT2D eigenvalue weighted by molar-refractivity contribution is 0.00927. The Labute approximate surface area is 261 Å². The number of carbonyl (C=O) groups is 1. The molecule has 4 aromatic rings. The number of likely N-dealkylation sites (tertiary alicyclic amines) is 1. The Balaban J connectivity index is 1.66. The number of hydrogen-bond acceptors (Lipinski definition) is 7. The Morgan fingerprint density at radius 1 is 1.11 bits per heavy atom. The standard InChI is InChI=1S/C35H36FN5O4/c1-20-10-11-23(19-38-20)25-14-21(18-37)15-26-31(25)39-32(40(33(26)42)24-12-13-30(44-5)27(36)17-24)29-16-22-8-6-7-9-28(22)41(29)34(43)45-35(2,3)4/h10-15,17,19,22,28-29H,6-9,16H2,1-5H3/t22-,28-,29-/m0/s1. The van der Waals surface area contributed by atoms with Gasteiger partial charge in [-0.3, -0.25) is 19.2 Å². The van der Waals surface area contributed by atoms with Gasteiger partial charge in [-0.05, 0) is 83.2 Å². The largest absolute Gasteiger partial charge is 0.494 e. The average molecular weight is 610 g/mol. The number of carbonyl (C=O) groups excluding carboxylic acids is 1. The maximum atomic E-state index is 15.2. The molecule has 232 valence electrons. The van der Waals surface area contributed by atoms with Crippen molar-refractivity contribution in [2.24, 2.45) is 5.92 Å². The van der Waals surface area contributed by atoms with E-state index in [9.17, 15) is 14.9 Å². The van der Waals surface area contributed by atoms with Gasteiger partial charge >= 0.3 is 6.09 Å². The normalized spacial score (nSPS) is 19.7. The average Bonchev–Trinajstić information content (AvgIpc) is 3.40. The van der Waals surface area contributed by atoms with Crippen molar-refractivity contribution in [3.05, 3.63) is 81.9 Å². The Morgan fingerprint density at radius 2 is 1.89 bits per heavy atom. The zero-order chi connectivity index (χ0) is 32.0. The minimum absolute atomic E-state index is 0.0327. The molecule has 0 spiro atoms. The first-order chi connectivity index (χ1) is 21.5. The summed E-state index contributed by atoms with van der Waals surface area (Å²) in [6.07, 6.45) is 5.61. The molecule has 1 amide bonds. The Morgan fingerprint density at radius 3 is 2.56 bits per heavy atom. The molecular formula is C35H36FN5O4. The number of ether oxygens (including phenoxy) is 2. The molecule has 0 bridgehead atoms. The number of halogens is 1. The number of methoxy groups -OCH3 is 1. The van der Waals surface area contributed by atoms with Crippen molar-refractivity contribution in [3.8, 4) is 28.6 Å².